The molecule has 14 heteroatoms. The average molecular weight is 529 g/mol. The number of nitrogens with two attached hydrogens (primary N) is 1. The molecule has 2 aromatic heterocycles. The predicted molar refractivity (Wildman–Crippen MR) is 111 cm³/mol. The fourth-order valence-corrected chi connectivity index (χ4v) is 5.96. The van der Waals surface area contributed by atoms with E-state index in [-0.39, 0.29) is 33.7 Å². The Morgan fingerprint density at radius 1 is 1.19 bits per heavy atom. The van der Waals surface area contributed by atoms with Crippen molar-refractivity contribution in [2.24, 2.45) is 22.9 Å². The van der Waals surface area contributed by atoms with E-state index in [1.165, 1.54) is 27.1 Å². The summed E-state index contributed by atoms with van der Waals surface area (Å²) in [5.74, 6) is -0.414. The molecule has 1 saturated carbocycles. The van der Waals surface area contributed by atoms with Crippen molar-refractivity contribution in [1.82, 2.24) is 24.3 Å². The van der Waals surface area contributed by atoms with E-state index in [1.54, 1.807) is 0 Å². The second-order valence-corrected chi connectivity index (χ2v) is 10.6. The van der Waals surface area contributed by atoms with E-state index in [0.717, 1.165) is 12.8 Å². The summed E-state index contributed by atoms with van der Waals surface area (Å²) < 4.78 is 49.3. The third kappa shape index (κ3) is 3.80. The molecular weight excluding hydrogens is 511 g/mol. The second kappa shape index (κ2) is 7.86. The largest absolute Gasteiger partial charge is 0.446 e. The van der Waals surface area contributed by atoms with Gasteiger partial charge in [-0.1, -0.05) is 10.3 Å². The lowest BCUT2D eigenvalue weighted by Gasteiger charge is -2.15. The predicted octanol–water partition coefficient (Wildman–Crippen LogP) is 1.48. The molecule has 5 rings (SSSR count). The minimum absolute atomic E-state index is 0.100. The minimum atomic E-state index is -3.67. The van der Waals surface area contributed by atoms with Gasteiger partial charge in [0.05, 0.1) is 10.2 Å². The van der Waals surface area contributed by atoms with Crippen molar-refractivity contribution in [3.63, 3.8) is 0 Å². The standard InChI is InChI=1S/C18H18BrFN6O5S/c19-13-6-12(1-2-14(13)20)26-17(24-30-18(26)27)16-15(22-31-23-16)5-9-3-10-7-25(32(21,28)29)8-11(10)4-9/h1-2,6,9-11H,3-5,7-8H2,(H2,21,28,29). The van der Waals surface area contributed by atoms with Crippen molar-refractivity contribution in [1.29, 1.82) is 0 Å². The molecule has 1 aliphatic heterocycles. The quantitative estimate of drug-likeness (QED) is 0.522. The van der Waals surface area contributed by atoms with E-state index in [9.17, 15) is 17.6 Å². The van der Waals surface area contributed by atoms with Gasteiger partial charge in [-0.15, -0.1) is 0 Å². The number of rotatable bonds is 5. The Kier molecular flexibility index (Phi) is 5.27. The highest BCUT2D eigenvalue weighted by Crippen LogP contribution is 2.43. The molecular formula is C18H18BrFN6O5S. The molecule has 32 heavy (non-hydrogen) atoms. The minimum Gasteiger partial charge on any atom is -0.295 e. The maximum atomic E-state index is 13.6. The Hall–Kier alpha value is -2.42. The Bertz CT molecular complexity index is 1320. The van der Waals surface area contributed by atoms with Crippen molar-refractivity contribution in [3.05, 3.63) is 44.7 Å². The first-order valence-corrected chi connectivity index (χ1v) is 12.1. The summed E-state index contributed by atoms with van der Waals surface area (Å²) in [4.78, 5) is 12.3. The molecule has 3 aromatic rings. The van der Waals surface area contributed by atoms with Crippen LogP contribution in [-0.4, -0.2) is 45.8 Å². The lowest BCUT2D eigenvalue weighted by molar-refractivity contribution is 0.301. The second-order valence-electron chi connectivity index (χ2n) is 8.19. The van der Waals surface area contributed by atoms with Gasteiger partial charge in [0.2, 0.25) is 5.82 Å². The number of benzene rings is 1. The van der Waals surface area contributed by atoms with Crippen LogP contribution in [0.3, 0.4) is 0 Å². The van der Waals surface area contributed by atoms with Crippen LogP contribution < -0.4 is 10.9 Å². The Morgan fingerprint density at radius 3 is 2.56 bits per heavy atom. The van der Waals surface area contributed by atoms with Crippen LogP contribution in [0.15, 0.2) is 36.6 Å². The van der Waals surface area contributed by atoms with Gasteiger partial charge in [0, 0.05) is 13.1 Å². The van der Waals surface area contributed by atoms with Crippen LogP contribution in [0.1, 0.15) is 18.5 Å². The molecule has 170 valence electrons. The van der Waals surface area contributed by atoms with E-state index in [4.69, 9.17) is 14.3 Å². The Labute approximate surface area is 189 Å². The zero-order valence-corrected chi connectivity index (χ0v) is 18.9. The van der Waals surface area contributed by atoms with Crippen LogP contribution in [0.2, 0.25) is 0 Å². The monoisotopic (exact) mass is 528 g/mol. The topological polar surface area (TPSA) is 150 Å². The first kappa shape index (κ1) is 21.4. The van der Waals surface area contributed by atoms with Gasteiger partial charge in [0.1, 0.15) is 11.5 Å². The van der Waals surface area contributed by atoms with Crippen molar-refractivity contribution in [2.75, 3.05) is 13.1 Å². The SMILES string of the molecule is NS(=O)(=O)N1CC2CC(Cc3nonc3-c3noc(=O)n3-c3ccc(F)c(Br)c3)CC2C1. The van der Waals surface area contributed by atoms with Crippen molar-refractivity contribution in [2.45, 2.75) is 19.3 Å². The lowest BCUT2D eigenvalue weighted by atomic mass is 9.98. The summed E-state index contributed by atoms with van der Waals surface area (Å²) >= 11 is 3.11. The van der Waals surface area contributed by atoms with Crippen LogP contribution in [0.25, 0.3) is 17.2 Å². The van der Waals surface area contributed by atoms with Crippen LogP contribution in [0.4, 0.5) is 4.39 Å². The highest BCUT2D eigenvalue weighted by atomic mass is 79.9. The van der Waals surface area contributed by atoms with E-state index in [2.05, 4.69) is 31.4 Å². The number of fused-ring (bicyclic) bond motifs is 1. The molecule has 0 bridgehead atoms. The number of aromatic nitrogens is 4. The zero-order valence-electron chi connectivity index (χ0n) is 16.5. The molecule has 11 nitrogen and oxygen atoms in total. The first-order chi connectivity index (χ1) is 15.2. The van der Waals surface area contributed by atoms with Gasteiger partial charge in [-0.3, -0.25) is 4.52 Å². The van der Waals surface area contributed by atoms with Crippen molar-refractivity contribution < 1.29 is 22.0 Å². The smallest absolute Gasteiger partial charge is 0.295 e. The first-order valence-electron chi connectivity index (χ1n) is 9.84. The van der Waals surface area contributed by atoms with Crippen molar-refractivity contribution >= 4 is 26.1 Å². The molecule has 2 unspecified atom stereocenters. The maximum absolute atomic E-state index is 13.6. The van der Waals surface area contributed by atoms with Gasteiger partial charge in [0.25, 0.3) is 10.2 Å². The van der Waals surface area contributed by atoms with Gasteiger partial charge >= 0.3 is 5.76 Å². The summed E-state index contributed by atoms with van der Waals surface area (Å²) in [6.45, 7) is 0.846. The number of hydrogen-bond acceptors (Lipinski definition) is 8. The molecule has 1 saturated heterocycles. The number of halogens is 2. The van der Waals surface area contributed by atoms with E-state index >= 15 is 0 Å². The Balaban J connectivity index is 1.38. The van der Waals surface area contributed by atoms with Gasteiger partial charge in [-0.25, -0.2) is 23.5 Å². The number of nitrogens with zero attached hydrogens (tertiary/aromatic N) is 5. The molecule has 3 heterocycles. The lowest BCUT2D eigenvalue weighted by Crippen LogP contribution is -2.35. The normalized spacial score (nSPS) is 23.7. The average Bonchev–Trinajstić information content (AvgIpc) is 3.47. The zero-order chi connectivity index (χ0) is 22.6. The fraction of sp³-hybridized carbons (Fsp3) is 0.444. The number of hydrogen-bond donors (Lipinski definition) is 1. The van der Waals surface area contributed by atoms with Gasteiger partial charge in [-0.2, -0.15) is 12.7 Å². The van der Waals surface area contributed by atoms with Gasteiger partial charge in [-0.05, 0) is 76.3 Å². The molecule has 0 amide bonds. The van der Waals surface area contributed by atoms with E-state index in [1.807, 2.05) is 0 Å². The van der Waals surface area contributed by atoms with Crippen molar-refractivity contribution in [3.8, 4) is 17.2 Å². The summed E-state index contributed by atoms with van der Waals surface area (Å²) in [6, 6.07) is 4.07. The highest BCUT2D eigenvalue weighted by Gasteiger charge is 2.44. The van der Waals surface area contributed by atoms with Gasteiger partial charge < -0.3 is 0 Å². The third-order valence-electron chi connectivity index (χ3n) is 6.19. The molecule has 2 fully saturated rings. The summed E-state index contributed by atoms with van der Waals surface area (Å²) in [5, 5.41) is 17.0. The van der Waals surface area contributed by atoms with Crippen LogP contribution >= 0.6 is 15.9 Å². The fourth-order valence-electron chi connectivity index (χ4n) is 4.79. The Morgan fingerprint density at radius 2 is 1.91 bits per heavy atom. The van der Waals surface area contributed by atoms with Crippen LogP contribution in [-0.2, 0) is 16.6 Å². The molecule has 0 radical (unpaired) electrons. The molecule has 1 aliphatic carbocycles. The third-order valence-corrected chi connectivity index (χ3v) is 7.82. The summed E-state index contributed by atoms with van der Waals surface area (Å²) in [7, 11) is -3.67. The maximum Gasteiger partial charge on any atom is 0.446 e. The van der Waals surface area contributed by atoms with E-state index in [0.29, 0.717) is 30.9 Å². The van der Waals surface area contributed by atoms with Crippen LogP contribution in [0, 0.1) is 23.6 Å². The van der Waals surface area contributed by atoms with E-state index < -0.39 is 21.8 Å². The summed E-state index contributed by atoms with van der Waals surface area (Å²) in [5.41, 5.74) is 1.12. The molecule has 2 atom stereocenters. The molecule has 2 N–H and O–H groups in total. The molecule has 1 aromatic carbocycles. The van der Waals surface area contributed by atoms with Gasteiger partial charge in [0.15, 0.2) is 5.69 Å². The molecule has 0 spiro atoms. The summed E-state index contributed by atoms with van der Waals surface area (Å²) in [6.07, 6.45) is 2.16. The highest BCUT2D eigenvalue weighted by molar-refractivity contribution is 9.10. The van der Waals surface area contributed by atoms with Crippen LogP contribution in [0.5, 0.6) is 0 Å². The molecule has 2 aliphatic rings.